The molecule has 5 aliphatic rings. The van der Waals surface area contributed by atoms with E-state index >= 15 is 0 Å². The zero-order valence-electron chi connectivity index (χ0n) is 16.1. The van der Waals surface area contributed by atoms with Gasteiger partial charge in [-0.15, -0.1) is 0 Å². The largest absolute Gasteiger partial charge is 0.287 e. The van der Waals surface area contributed by atoms with Gasteiger partial charge in [0.15, 0.2) is 11.1 Å². The van der Waals surface area contributed by atoms with E-state index in [1.165, 1.54) is 57.8 Å². The maximum atomic E-state index is 13.1. The molecule has 0 radical (unpaired) electrons. The second-order valence-corrected chi connectivity index (χ2v) is 11.6. The van der Waals surface area contributed by atoms with Gasteiger partial charge in [0.1, 0.15) is 0 Å². The van der Waals surface area contributed by atoms with Gasteiger partial charge in [-0.1, -0.05) is 39.5 Å². The quantitative estimate of drug-likeness (QED) is 0.580. The molecule has 5 fully saturated rings. The van der Waals surface area contributed by atoms with Gasteiger partial charge in [0.25, 0.3) is 0 Å². The Balaban J connectivity index is 1.52. The van der Waals surface area contributed by atoms with E-state index in [2.05, 4.69) is 13.8 Å². The third-order valence-electron chi connectivity index (χ3n) is 9.18. The van der Waals surface area contributed by atoms with E-state index in [-0.39, 0.29) is 0 Å². The molecule has 0 aromatic carbocycles. The first kappa shape index (κ1) is 17.2. The topological polar surface area (TPSA) is 26.3 Å². The van der Waals surface area contributed by atoms with Crippen LogP contribution >= 0.6 is 0 Å². The van der Waals surface area contributed by atoms with E-state index < -0.39 is 11.1 Å². The molecule has 5 rings (SSSR count). The van der Waals surface area contributed by atoms with Crippen LogP contribution in [-0.4, -0.2) is 15.6 Å². The van der Waals surface area contributed by atoms with Crippen LogP contribution in [-0.2, 0) is 15.3 Å². The van der Waals surface area contributed by atoms with Gasteiger partial charge < -0.3 is 0 Å². The fraction of sp³-hybridized carbons (Fsp3) is 1.00. The normalized spacial score (nSPS) is 58.4. The summed E-state index contributed by atoms with van der Waals surface area (Å²) in [6.07, 6.45) is 14.0. The summed E-state index contributed by atoms with van der Waals surface area (Å²) in [5, 5.41) is 0.339. The van der Waals surface area contributed by atoms with Crippen LogP contribution in [0.15, 0.2) is 0 Å². The third kappa shape index (κ3) is 2.70. The summed E-state index contributed by atoms with van der Waals surface area (Å²) in [6, 6.07) is 0. The van der Waals surface area contributed by atoms with Crippen LogP contribution in [0.5, 0.6) is 0 Å². The summed E-state index contributed by atoms with van der Waals surface area (Å²) >= 11 is -1.04. The minimum atomic E-state index is -1.04. The van der Waals surface area contributed by atoms with E-state index in [0.29, 0.717) is 17.3 Å². The molecule has 0 amide bonds. The summed E-state index contributed by atoms with van der Waals surface area (Å²) in [4.78, 5) is 0. The monoisotopic (exact) mass is 364 g/mol. The van der Waals surface area contributed by atoms with Crippen LogP contribution in [0.1, 0.15) is 78.1 Å². The van der Waals surface area contributed by atoms with Crippen molar-refractivity contribution in [1.82, 2.24) is 0 Å². The number of hydrogen-bond donors (Lipinski definition) is 0. The van der Waals surface area contributed by atoms with Crippen LogP contribution in [0.2, 0.25) is 0 Å². The van der Waals surface area contributed by atoms with Crippen molar-refractivity contribution in [1.29, 1.82) is 0 Å². The van der Waals surface area contributed by atoms with Gasteiger partial charge in [-0.2, -0.15) is 0 Å². The van der Waals surface area contributed by atoms with Crippen LogP contribution in [0, 0.1) is 47.3 Å². The summed E-state index contributed by atoms with van der Waals surface area (Å²) in [7, 11) is 0. The number of hydrogen-bond acceptors (Lipinski definition) is 2. The molecule has 2 nitrogen and oxygen atoms in total. The summed E-state index contributed by atoms with van der Waals surface area (Å²) < 4.78 is 19.3. The maximum absolute atomic E-state index is 13.1. The molecule has 0 N–H and O–H groups in total. The molecule has 11 unspecified atom stereocenters. The van der Waals surface area contributed by atoms with Crippen molar-refractivity contribution in [2.45, 2.75) is 89.4 Å². The molecule has 4 aliphatic carbocycles. The first-order chi connectivity index (χ1) is 12.1. The molecule has 0 bridgehead atoms. The average molecular weight is 365 g/mol. The Labute approximate surface area is 156 Å². The zero-order valence-corrected chi connectivity index (χ0v) is 16.9. The molecular formula is C22H36O2S. The SMILES string of the molecule is CC1CC2OS(=O)C3CC(C)C4CCCCC4C3C2C2CCCCC12. The van der Waals surface area contributed by atoms with Crippen molar-refractivity contribution in [3.63, 3.8) is 0 Å². The van der Waals surface area contributed by atoms with Crippen LogP contribution in [0.25, 0.3) is 0 Å². The lowest BCUT2D eigenvalue weighted by atomic mass is 9.51. The highest BCUT2D eigenvalue weighted by Gasteiger charge is 2.58. The van der Waals surface area contributed by atoms with E-state index in [0.717, 1.165) is 47.8 Å². The van der Waals surface area contributed by atoms with Crippen molar-refractivity contribution in [3.8, 4) is 0 Å². The Bertz CT molecular complexity index is 534. The van der Waals surface area contributed by atoms with Crippen LogP contribution in [0.3, 0.4) is 0 Å². The van der Waals surface area contributed by atoms with Gasteiger partial charge in [0, 0.05) is 0 Å². The van der Waals surface area contributed by atoms with Gasteiger partial charge in [0.2, 0.25) is 0 Å². The highest BCUT2D eigenvalue weighted by Crippen LogP contribution is 2.60. The summed E-state index contributed by atoms with van der Waals surface area (Å²) in [5.74, 6) is 6.49. The fourth-order valence-corrected chi connectivity index (χ4v) is 9.96. The lowest BCUT2D eigenvalue weighted by Gasteiger charge is -2.60. The van der Waals surface area contributed by atoms with Crippen molar-refractivity contribution < 1.29 is 8.39 Å². The smallest absolute Gasteiger partial charge is 0.159 e. The minimum Gasteiger partial charge on any atom is -0.287 e. The average Bonchev–Trinajstić information content (AvgIpc) is 2.63. The molecule has 142 valence electrons. The lowest BCUT2D eigenvalue weighted by Crippen LogP contribution is -2.60. The fourth-order valence-electron chi connectivity index (χ4n) is 8.26. The van der Waals surface area contributed by atoms with Gasteiger partial charge in [0.05, 0.1) is 11.4 Å². The minimum absolute atomic E-state index is 0.299. The molecule has 25 heavy (non-hydrogen) atoms. The van der Waals surface area contributed by atoms with Gasteiger partial charge in [-0.25, -0.2) is 4.21 Å². The van der Waals surface area contributed by atoms with E-state index in [9.17, 15) is 4.21 Å². The van der Waals surface area contributed by atoms with Crippen molar-refractivity contribution in [3.05, 3.63) is 0 Å². The second-order valence-electron chi connectivity index (χ2n) is 10.2. The highest BCUT2D eigenvalue weighted by molar-refractivity contribution is 7.80. The molecule has 1 saturated heterocycles. The van der Waals surface area contributed by atoms with Crippen LogP contribution in [0.4, 0.5) is 0 Å². The highest BCUT2D eigenvalue weighted by atomic mass is 32.2. The first-order valence-electron chi connectivity index (χ1n) is 11.2. The molecule has 11 atom stereocenters. The van der Waals surface area contributed by atoms with E-state index in [1.807, 2.05) is 0 Å². The third-order valence-corrected chi connectivity index (χ3v) is 10.6. The van der Waals surface area contributed by atoms with Gasteiger partial charge in [-0.3, -0.25) is 4.18 Å². The predicted molar refractivity (Wildman–Crippen MR) is 102 cm³/mol. The van der Waals surface area contributed by atoms with Crippen molar-refractivity contribution in [2.24, 2.45) is 47.3 Å². The van der Waals surface area contributed by atoms with Crippen molar-refractivity contribution >= 4 is 11.1 Å². The summed E-state index contributed by atoms with van der Waals surface area (Å²) in [5.41, 5.74) is 0. The number of fused-ring (bicyclic) bond motifs is 7. The van der Waals surface area contributed by atoms with Crippen LogP contribution < -0.4 is 0 Å². The predicted octanol–water partition coefficient (Wildman–Crippen LogP) is 5.34. The zero-order chi connectivity index (χ0) is 17.1. The number of rotatable bonds is 0. The summed E-state index contributed by atoms with van der Waals surface area (Å²) in [6.45, 7) is 4.89. The second kappa shape index (κ2) is 6.62. The Morgan fingerprint density at radius 1 is 0.720 bits per heavy atom. The molecule has 1 aliphatic heterocycles. The molecule has 3 heteroatoms. The lowest BCUT2D eigenvalue weighted by molar-refractivity contribution is -0.106. The molecule has 0 aromatic heterocycles. The molecular weight excluding hydrogens is 328 g/mol. The molecule has 0 spiro atoms. The Morgan fingerprint density at radius 3 is 1.88 bits per heavy atom. The Morgan fingerprint density at radius 2 is 1.24 bits per heavy atom. The molecule has 1 heterocycles. The van der Waals surface area contributed by atoms with Gasteiger partial charge in [-0.05, 0) is 85.9 Å². The Kier molecular flexibility index (Phi) is 4.56. The first-order valence-corrected chi connectivity index (χ1v) is 12.4. The maximum Gasteiger partial charge on any atom is 0.159 e. The molecule has 0 aromatic rings. The van der Waals surface area contributed by atoms with E-state index in [1.54, 1.807) is 0 Å². The molecule has 4 saturated carbocycles. The Hall–Kier alpha value is 0.110. The standard InChI is InChI=1S/C22H36O2S/c1-13-11-19-21(17-9-5-3-7-15(13)17)22-18-10-6-4-8-16(18)14(2)12-20(22)25(23)24-19/h13-22H,3-12H2,1-2H3. The van der Waals surface area contributed by atoms with E-state index in [4.69, 9.17) is 4.18 Å². The van der Waals surface area contributed by atoms with Crippen molar-refractivity contribution in [2.75, 3.05) is 0 Å². The van der Waals surface area contributed by atoms with Gasteiger partial charge >= 0.3 is 0 Å².